The monoisotopic (exact) mass is 353 g/mol. The molecule has 4 nitrogen and oxygen atoms in total. The number of para-hydroxylation sites is 1. The lowest BCUT2D eigenvalue weighted by atomic mass is 10.1. The minimum Gasteiger partial charge on any atom is -0.322 e. The molecule has 26 heavy (non-hydrogen) atoms. The largest absolute Gasteiger partial charge is 0.322 e. The van der Waals surface area contributed by atoms with Gasteiger partial charge in [0.15, 0.2) is 6.04 Å². The first-order valence-corrected chi connectivity index (χ1v) is 9.61. The molecule has 0 unspecified atom stereocenters. The van der Waals surface area contributed by atoms with Crippen LogP contribution >= 0.6 is 0 Å². The van der Waals surface area contributed by atoms with E-state index in [0.717, 1.165) is 38.4 Å². The van der Waals surface area contributed by atoms with E-state index in [9.17, 15) is 4.79 Å². The number of hydrogen-bond donors (Lipinski definition) is 2. The molecule has 0 aliphatic carbocycles. The van der Waals surface area contributed by atoms with Crippen LogP contribution < -0.4 is 14.7 Å². The van der Waals surface area contributed by atoms with Gasteiger partial charge in [0, 0.05) is 18.3 Å². The molecular formula is C22H31N3O+2. The van der Waals surface area contributed by atoms with Gasteiger partial charge < -0.3 is 14.7 Å². The molecule has 2 aromatic carbocycles. The van der Waals surface area contributed by atoms with Crippen molar-refractivity contribution in [2.24, 2.45) is 0 Å². The van der Waals surface area contributed by atoms with Crippen molar-refractivity contribution in [3.8, 4) is 0 Å². The summed E-state index contributed by atoms with van der Waals surface area (Å²) in [4.78, 5) is 17.7. The summed E-state index contributed by atoms with van der Waals surface area (Å²) in [6.07, 6.45) is 0. The fourth-order valence-corrected chi connectivity index (χ4v) is 3.86. The maximum atomic E-state index is 12.9. The van der Waals surface area contributed by atoms with E-state index in [0.29, 0.717) is 0 Å². The van der Waals surface area contributed by atoms with Gasteiger partial charge in [-0.2, -0.15) is 0 Å². The van der Waals surface area contributed by atoms with Crippen LogP contribution in [0.1, 0.15) is 18.1 Å². The smallest absolute Gasteiger partial charge is 0.284 e. The van der Waals surface area contributed by atoms with Crippen LogP contribution in [0.5, 0.6) is 0 Å². The van der Waals surface area contributed by atoms with Crippen molar-refractivity contribution in [3.05, 3.63) is 65.7 Å². The van der Waals surface area contributed by atoms with E-state index in [1.807, 2.05) is 37.4 Å². The molecule has 1 heterocycles. The summed E-state index contributed by atoms with van der Waals surface area (Å²) < 4.78 is 0. The molecular weight excluding hydrogens is 322 g/mol. The molecule has 1 atom stereocenters. The van der Waals surface area contributed by atoms with E-state index < -0.39 is 0 Å². The lowest BCUT2D eigenvalue weighted by molar-refractivity contribution is -1.02. The molecule has 3 rings (SSSR count). The number of hydrogen-bond acceptors (Lipinski definition) is 1. The molecule has 0 aromatic heterocycles. The van der Waals surface area contributed by atoms with Crippen molar-refractivity contribution in [1.82, 2.24) is 0 Å². The van der Waals surface area contributed by atoms with Crippen LogP contribution in [0.2, 0.25) is 0 Å². The van der Waals surface area contributed by atoms with Gasteiger partial charge in [0.05, 0.1) is 0 Å². The minimum atomic E-state index is 0.000201. The first-order valence-electron chi connectivity index (χ1n) is 9.61. The first kappa shape index (κ1) is 18.6. The number of piperazine rings is 1. The Labute approximate surface area is 157 Å². The van der Waals surface area contributed by atoms with Crippen molar-refractivity contribution in [2.45, 2.75) is 26.4 Å². The number of anilines is 1. The number of amides is 1. The second-order valence-electron chi connectivity index (χ2n) is 7.47. The molecule has 1 aliphatic rings. The summed E-state index contributed by atoms with van der Waals surface area (Å²) in [5.41, 5.74) is 3.79. The summed E-state index contributed by atoms with van der Waals surface area (Å²) in [7, 11) is 1.88. The Hall–Kier alpha value is -2.17. The quantitative estimate of drug-likeness (QED) is 0.797. The lowest BCUT2D eigenvalue weighted by Gasteiger charge is -2.34. The number of aryl methyl sites for hydroxylation is 1. The maximum absolute atomic E-state index is 12.9. The van der Waals surface area contributed by atoms with Crippen LogP contribution in [-0.4, -0.2) is 45.2 Å². The second kappa shape index (κ2) is 8.47. The third kappa shape index (κ3) is 4.32. The van der Waals surface area contributed by atoms with Gasteiger partial charge in [0.25, 0.3) is 5.91 Å². The Morgan fingerprint density at radius 3 is 2.27 bits per heavy atom. The van der Waals surface area contributed by atoms with Crippen LogP contribution in [-0.2, 0) is 11.3 Å². The fraction of sp³-hybridized carbons (Fsp3) is 0.409. The van der Waals surface area contributed by atoms with Gasteiger partial charge >= 0.3 is 0 Å². The molecule has 0 radical (unpaired) electrons. The van der Waals surface area contributed by atoms with Crippen molar-refractivity contribution in [3.63, 3.8) is 0 Å². The third-order valence-corrected chi connectivity index (χ3v) is 5.76. The number of rotatable bonds is 5. The molecule has 1 amide bonds. The van der Waals surface area contributed by atoms with Crippen molar-refractivity contribution in [2.75, 3.05) is 38.1 Å². The van der Waals surface area contributed by atoms with Gasteiger partial charge in [0.2, 0.25) is 0 Å². The number of carbonyl (C=O) groups excluding carboxylic acids is 1. The van der Waals surface area contributed by atoms with Crippen LogP contribution in [0.3, 0.4) is 0 Å². The molecule has 4 heteroatoms. The van der Waals surface area contributed by atoms with E-state index in [2.05, 4.69) is 38.1 Å². The highest BCUT2D eigenvalue weighted by Gasteiger charge is 2.33. The summed E-state index contributed by atoms with van der Waals surface area (Å²) in [6.45, 7) is 9.70. The van der Waals surface area contributed by atoms with Crippen LogP contribution in [0.25, 0.3) is 0 Å². The highest BCUT2D eigenvalue weighted by atomic mass is 16.2. The van der Waals surface area contributed by atoms with E-state index >= 15 is 0 Å². The number of carbonyl (C=O) groups is 1. The molecule has 2 N–H and O–H groups in total. The fourth-order valence-electron chi connectivity index (χ4n) is 3.86. The maximum Gasteiger partial charge on any atom is 0.284 e. The van der Waals surface area contributed by atoms with E-state index in [1.165, 1.54) is 16.0 Å². The zero-order valence-electron chi connectivity index (χ0n) is 16.2. The molecule has 2 aromatic rings. The Morgan fingerprint density at radius 2 is 1.62 bits per heavy atom. The van der Waals surface area contributed by atoms with Gasteiger partial charge in [-0.15, -0.1) is 0 Å². The average Bonchev–Trinajstić information content (AvgIpc) is 2.69. The molecule has 1 saturated heterocycles. The van der Waals surface area contributed by atoms with E-state index in [1.54, 1.807) is 9.80 Å². The molecule has 1 fully saturated rings. The zero-order chi connectivity index (χ0) is 18.5. The highest BCUT2D eigenvalue weighted by molar-refractivity contribution is 5.95. The van der Waals surface area contributed by atoms with Gasteiger partial charge in [0.1, 0.15) is 32.7 Å². The van der Waals surface area contributed by atoms with Gasteiger partial charge in [-0.25, -0.2) is 0 Å². The lowest BCUT2D eigenvalue weighted by Crippen LogP contribution is -3.29. The normalized spacial score (nSPS) is 21.2. The average molecular weight is 354 g/mol. The van der Waals surface area contributed by atoms with Crippen molar-refractivity contribution < 1.29 is 14.6 Å². The Kier molecular flexibility index (Phi) is 6.07. The molecule has 1 aliphatic heterocycles. The predicted molar refractivity (Wildman–Crippen MR) is 106 cm³/mol. The Bertz CT molecular complexity index is 723. The van der Waals surface area contributed by atoms with Gasteiger partial charge in [-0.1, -0.05) is 42.5 Å². The minimum absolute atomic E-state index is 0.000201. The Balaban J connectivity index is 1.54. The van der Waals surface area contributed by atoms with Crippen molar-refractivity contribution >= 4 is 11.6 Å². The predicted octanol–water partition coefficient (Wildman–Crippen LogP) is 0.330. The first-order chi connectivity index (χ1) is 12.6. The van der Waals surface area contributed by atoms with Crippen LogP contribution in [0, 0.1) is 6.92 Å². The molecule has 0 spiro atoms. The number of likely N-dealkylation sites (N-methyl/N-ethyl adjacent to an activating group) is 1. The standard InChI is InChI=1S/C22H29N3O/c1-18-9-7-8-10-20(18)17-24-13-15-25(16-14-24)19(2)22(26)23(3)21-11-5-4-6-12-21/h4-12,19H,13-17H2,1-3H3/p+2/t19-/m0/s1. The summed E-state index contributed by atoms with van der Waals surface area (Å²) in [5, 5.41) is 0. The molecule has 138 valence electrons. The van der Waals surface area contributed by atoms with Crippen LogP contribution in [0.4, 0.5) is 5.69 Å². The van der Waals surface area contributed by atoms with Crippen LogP contribution in [0.15, 0.2) is 54.6 Å². The van der Waals surface area contributed by atoms with Gasteiger partial charge in [-0.05, 0) is 31.5 Å². The van der Waals surface area contributed by atoms with E-state index in [-0.39, 0.29) is 11.9 Å². The second-order valence-corrected chi connectivity index (χ2v) is 7.47. The number of nitrogens with one attached hydrogen (secondary N) is 2. The van der Waals surface area contributed by atoms with Gasteiger partial charge in [-0.3, -0.25) is 4.79 Å². The number of quaternary nitrogens is 2. The Morgan fingerprint density at radius 1 is 1.00 bits per heavy atom. The van der Waals surface area contributed by atoms with Crippen molar-refractivity contribution in [1.29, 1.82) is 0 Å². The SMILES string of the molecule is Cc1ccccc1C[NH+]1CC[NH+]([C@@H](C)C(=O)N(C)c2ccccc2)CC1. The zero-order valence-corrected chi connectivity index (χ0v) is 16.2. The van der Waals surface area contributed by atoms with E-state index in [4.69, 9.17) is 0 Å². The summed E-state index contributed by atoms with van der Waals surface area (Å²) in [5.74, 6) is 0.202. The topological polar surface area (TPSA) is 29.2 Å². The third-order valence-electron chi connectivity index (χ3n) is 5.76. The molecule has 0 saturated carbocycles. The number of benzene rings is 2. The summed E-state index contributed by atoms with van der Waals surface area (Å²) in [6, 6.07) is 18.6. The summed E-state index contributed by atoms with van der Waals surface area (Å²) >= 11 is 0. The molecule has 0 bridgehead atoms. The number of nitrogens with zero attached hydrogens (tertiary/aromatic N) is 1. The highest BCUT2D eigenvalue weighted by Crippen LogP contribution is 2.11.